The lowest BCUT2D eigenvalue weighted by molar-refractivity contribution is 0.0988. The molecule has 1 aromatic rings. The number of hydrogen-bond donors (Lipinski definition) is 1. The molecule has 18 heavy (non-hydrogen) atoms. The minimum atomic E-state index is 0.212. The van der Waals surface area contributed by atoms with E-state index in [1.54, 1.807) is 0 Å². The first-order valence-corrected chi connectivity index (χ1v) is 7.01. The zero-order chi connectivity index (χ0) is 13.1. The van der Waals surface area contributed by atoms with E-state index in [9.17, 15) is 4.79 Å². The molecule has 0 aliphatic heterocycles. The van der Waals surface area contributed by atoms with Gasteiger partial charge in [0, 0.05) is 23.7 Å². The third-order valence-corrected chi connectivity index (χ3v) is 4.35. The number of benzene rings is 1. The van der Waals surface area contributed by atoms with Gasteiger partial charge in [0.15, 0.2) is 5.78 Å². The zero-order valence-electron chi connectivity index (χ0n) is 11.6. The van der Waals surface area contributed by atoms with Crippen molar-refractivity contribution in [2.75, 3.05) is 5.32 Å². The van der Waals surface area contributed by atoms with Crippen LogP contribution in [-0.4, -0.2) is 11.8 Å². The van der Waals surface area contributed by atoms with E-state index in [0.29, 0.717) is 12.5 Å². The third-order valence-electron chi connectivity index (χ3n) is 4.35. The fourth-order valence-electron chi connectivity index (χ4n) is 2.74. The molecule has 3 atom stereocenters. The average molecular weight is 245 g/mol. The van der Waals surface area contributed by atoms with Crippen LogP contribution in [0.25, 0.3) is 0 Å². The van der Waals surface area contributed by atoms with Gasteiger partial charge in [0.05, 0.1) is 0 Å². The highest BCUT2D eigenvalue weighted by Crippen LogP contribution is 2.33. The van der Waals surface area contributed by atoms with E-state index in [0.717, 1.165) is 23.1 Å². The van der Waals surface area contributed by atoms with Crippen molar-refractivity contribution in [1.82, 2.24) is 0 Å². The van der Waals surface area contributed by atoms with E-state index in [-0.39, 0.29) is 5.78 Å². The highest BCUT2D eigenvalue weighted by Gasteiger charge is 2.29. The molecule has 1 saturated carbocycles. The van der Waals surface area contributed by atoms with Gasteiger partial charge in [-0.1, -0.05) is 20.8 Å². The molecule has 3 unspecified atom stereocenters. The van der Waals surface area contributed by atoms with Crippen molar-refractivity contribution < 1.29 is 4.79 Å². The van der Waals surface area contributed by atoms with Crippen LogP contribution in [0.3, 0.4) is 0 Å². The second-order valence-electron chi connectivity index (χ2n) is 5.52. The van der Waals surface area contributed by atoms with Gasteiger partial charge in [-0.15, -0.1) is 0 Å². The lowest BCUT2D eigenvalue weighted by Crippen LogP contribution is -2.23. The number of ketones is 1. The van der Waals surface area contributed by atoms with Crippen LogP contribution in [0.2, 0.25) is 0 Å². The summed E-state index contributed by atoms with van der Waals surface area (Å²) in [7, 11) is 0. The Kier molecular flexibility index (Phi) is 4.05. The van der Waals surface area contributed by atoms with Crippen molar-refractivity contribution in [3.8, 4) is 0 Å². The molecule has 0 aromatic heterocycles. The molecule has 98 valence electrons. The maximum absolute atomic E-state index is 11.5. The monoisotopic (exact) mass is 245 g/mol. The average Bonchev–Trinajstić information content (AvgIpc) is 2.71. The molecule has 2 rings (SSSR count). The molecule has 0 saturated heterocycles. The number of carbonyl (C=O) groups is 1. The summed E-state index contributed by atoms with van der Waals surface area (Å²) >= 11 is 0. The van der Waals surface area contributed by atoms with E-state index >= 15 is 0 Å². The predicted octanol–water partition coefficient (Wildman–Crippen LogP) is 4.13. The summed E-state index contributed by atoms with van der Waals surface area (Å²) < 4.78 is 0. The van der Waals surface area contributed by atoms with E-state index in [4.69, 9.17) is 0 Å². The van der Waals surface area contributed by atoms with E-state index in [2.05, 4.69) is 19.2 Å². The number of carbonyl (C=O) groups excluding carboxylic acids is 1. The van der Waals surface area contributed by atoms with Crippen LogP contribution < -0.4 is 5.32 Å². The first-order valence-electron chi connectivity index (χ1n) is 7.01. The Labute approximate surface area is 110 Å². The van der Waals surface area contributed by atoms with E-state index < -0.39 is 0 Å². The summed E-state index contributed by atoms with van der Waals surface area (Å²) in [5.74, 6) is 1.75. The number of anilines is 1. The fourth-order valence-corrected chi connectivity index (χ4v) is 2.74. The molecule has 1 fully saturated rings. The molecule has 0 spiro atoms. The zero-order valence-corrected chi connectivity index (χ0v) is 11.6. The Morgan fingerprint density at radius 3 is 2.39 bits per heavy atom. The Bertz CT molecular complexity index is 410. The van der Waals surface area contributed by atoms with Crippen LogP contribution in [0.5, 0.6) is 0 Å². The summed E-state index contributed by atoms with van der Waals surface area (Å²) in [6.45, 7) is 6.55. The molecule has 0 amide bonds. The molecule has 1 aromatic carbocycles. The molecule has 1 aliphatic carbocycles. The summed E-state index contributed by atoms with van der Waals surface area (Å²) in [5.41, 5.74) is 1.95. The van der Waals surface area contributed by atoms with Crippen molar-refractivity contribution in [3.05, 3.63) is 29.8 Å². The molecule has 2 nitrogen and oxygen atoms in total. The smallest absolute Gasteiger partial charge is 0.162 e. The minimum absolute atomic E-state index is 0.212. The maximum atomic E-state index is 11.5. The van der Waals surface area contributed by atoms with Gasteiger partial charge < -0.3 is 5.32 Å². The lowest BCUT2D eigenvalue weighted by Gasteiger charge is -2.21. The van der Waals surface area contributed by atoms with E-state index in [1.807, 2.05) is 31.2 Å². The molecular formula is C16H23NO. The SMILES string of the molecule is CCC(=O)c1ccc(NC2CCC(C)C2C)cc1. The summed E-state index contributed by atoms with van der Waals surface area (Å²) in [5, 5.41) is 3.59. The van der Waals surface area contributed by atoms with Crippen molar-refractivity contribution in [3.63, 3.8) is 0 Å². The summed E-state index contributed by atoms with van der Waals surface area (Å²) in [6, 6.07) is 8.48. The lowest BCUT2D eigenvalue weighted by atomic mass is 9.97. The van der Waals surface area contributed by atoms with Crippen LogP contribution in [0.15, 0.2) is 24.3 Å². The Morgan fingerprint density at radius 2 is 1.89 bits per heavy atom. The van der Waals surface area contributed by atoms with Gasteiger partial charge in [0.1, 0.15) is 0 Å². The molecule has 0 radical (unpaired) electrons. The van der Waals surface area contributed by atoms with Gasteiger partial charge in [-0.25, -0.2) is 0 Å². The maximum Gasteiger partial charge on any atom is 0.162 e. The van der Waals surface area contributed by atoms with Crippen LogP contribution in [0.4, 0.5) is 5.69 Å². The van der Waals surface area contributed by atoms with Crippen molar-refractivity contribution in [2.24, 2.45) is 11.8 Å². The van der Waals surface area contributed by atoms with Gasteiger partial charge in [-0.3, -0.25) is 4.79 Å². The standard InChI is InChI=1S/C16H23NO/c1-4-16(18)13-6-8-14(9-7-13)17-15-10-5-11(2)12(15)3/h6-9,11-12,15,17H,4-5,10H2,1-3H3. The van der Waals surface area contributed by atoms with Crippen LogP contribution >= 0.6 is 0 Å². The molecule has 1 N–H and O–H groups in total. The van der Waals surface area contributed by atoms with Gasteiger partial charge in [0.25, 0.3) is 0 Å². The summed E-state index contributed by atoms with van der Waals surface area (Å²) in [6.07, 6.45) is 3.13. The summed E-state index contributed by atoms with van der Waals surface area (Å²) in [4.78, 5) is 11.5. The van der Waals surface area contributed by atoms with Crippen molar-refractivity contribution in [1.29, 1.82) is 0 Å². The fraction of sp³-hybridized carbons (Fsp3) is 0.562. The number of hydrogen-bond acceptors (Lipinski definition) is 2. The second-order valence-corrected chi connectivity index (χ2v) is 5.52. The van der Waals surface area contributed by atoms with Crippen LogP contribution in [0, 0.1) is 11.8 Å². The van der Waals surface area contributed by atoms with Crippen LogP contribution in [-0.2, 0) is 0 Å². The van der Waals surface area contributed by atoms with Gasteiger partial charge in [0.2, 0.25) is 0 Å². The number of Topliss-reactive ketones (excluding diaryl/α,β-unsaturated/α-hetero) is 1. The highest BCUT2D eigenvalue weighted by molar-refractivity contribution is 5.96. The van der Waals surface area contributed by atoms with Gasteiger partial charge >= 0.3 is 0 Å². The normalized spacial score (nSPS) is 27.2. The first-order chi connectivity index (χ1) is 8.61. The van der Waals surface area contributed by atoms with Gasteiger partial charge in [-0.05, 0) is 48.9 Å². The highest BCUT2D eigenvalue weighted by atomic mass is 16.1. The Hall–Kier alpha value is -1.31. The Balaban J connectivity index is 2.00. The topological polar surface area (TPSA) is 29.1 Å². The molecule has 1 aliphatic rings. The number of rotatable bonds is 4. The third kappa shape index (κ3) is 2.74. The number of nitrogens with one attached hydrogen (secondary N) is 1. The van der Waals surface area contributed by atoms with Crippen LogP contribution in [0.1, 0.15) is 50.4 Å². The van der Waals surface area contributed by atoms with Gasteiger partial charge in [-0.2, -0.15) is 0 Å². The molecule has 2 heteroatoms. The predicted molar refractivity (Wildman–Crippen MR) is 76.0 cm³/mol. The van der Waals surface area contributed by atoms with E-state index in [1.165, 1.54) is 12.8 Å². The largest absolute Gasteiger partial charge is 0.382 e. The van der Waals surface area contributed by atoms with Crippen molar-refractivity contribution in [2.45, 2.75) is 46.1 Å². The quantitative estimate of drug-likeness (QED) is 0.808. The molecule has 0 bridgehead atoms. The van der Waals surface area contributed by atoms with Crippen molar-refractivity contribution >= 4 is 11.5 Å². The Morgan fingerprint density at radius 1 is 1.22 bits per heavy atom. The minimum Gasteiger partial charge on any atom is -0.382 e. The molecule has 0 heterocycles. The first kappa shape index (κ1) is 13.1. The molecular weight excluding hydrogens is 222 g/mol. The second kappa shape index (κ2) is 5.55.